The molecular weight excluding hydrogens is 298 g/mol. The second-order valence-corrected chi connectivity index (χ2v) is 4.06. The lowest BCUT2D eigenvalue weighted by atomic mass is 10.3. The third kappa shape index (κ3) is 4.72. The molecular formula is C11H13F4N3O3. The van der Waals surface area contributed by atoms with E-state index in [0.717, 1.165) is 12.5 Å². The first-order valence-corrected chi connectivity index (χ1v) is 5.96. The van der Waals surface area contributed by atoms with E-state index in [-0.39, 0.29) is 5.82 Å². The second-order valence-electron chi connectivity index (χ2n) is 4.06. The van der Waals surface area contributed by atoms with Crippen LogP contribution < -0.4 is 10.1 Å². The summed E-state index contributed by atoms with van der Waals surface area (Å²) in [4.78, 5) is 13.5. The van der Waals surface area contributed by atoms with Crippen LogP contribution in [0.15, 0.2) is 12.1 Å². The SMILES string of the molecule is CCCNc1ccc([N+](=O)[O-])c(OCC(F)(F)C(F)F)n1. The van der Waals surface area contributed by atoms with E-state index in [2.05, 4.69) is 15.0 Å². The predicted octanol–water partition coefficient (Wildman–Crippen LogP) is 3.09. The van der Waals surface area contributed by atoms with Gasteiger partial charge in [-0.05, 0) is 12.5 Å². The number of pyridine rings is 1. The first kappa shape index (κ1) is 16.9. The molecule has 0 unspecified atom stereocenters. The van der Waals surface area contributed by atoms with Gasteiger partial charge in [0.25, 0.3) is 5.88 Å². The normalized spacial score (nSPS) is 11.5. The first-order chi connectivity index (χ1) is 9.77. The van der Waals surface area contributed by atoms with Gasteiger partial charge in [-0.25, -0.2) is 8.78 Å². The molecule has 0 atom stereocenters. The summed E-state index contributed by atoms with van der Waals surface area (Å²) in [5.74, 6) is -4.98. The van der Waals surface area contributed by atoms with Gasteiger partial charge < -0.3 is 10.1 Å². The number of ether oxygens (including phenoxy) is 1. The van der Waals surface area contributed by atoms with Gasteiger partial charge in [0.05, 0.1) is 4.92 Å². The number of nitrogens with zero attached hydrogens (tertiary/aromatic N) is 2. The molecule has 0 fully saturated rings. The molecule has 0 bridgehead atoms. The van der Waals surface area contributed by atoms with Crippen molar-refractivity contribution < 1.29 is 27.2 Å². The minimum Gasteiger partial charge on any atom is -0.466 e. The number of nitro groups is 1. The molecule has 21 heavy (non-hydrogen) atoms. The van der Waals surface area contributed by atoms with E-state index in [1.54, 1.807) is 0 Å². The Morgan fingerprint density at radius 2 is 2.14 bits per heavy atom. The molecule has 1 N–H and O–H groups in total. The molecule has 1 aromatic rings. The van der Waals surface area contributed by atoms with Crippen LogP contribution >= 0.6 is 0 Å². The van der Waals surface area contributed by atoms with Crippen molar-refractivity contribution in [3.63, 3.8) is 0 Å². The smallest absolute Gasteiger partial charge is 0.340 e. The quantitative estimate of drug-likeness (QED) is 0.453. The lowest BCUT2D eigenvalue weighted by Gasteiger charge is -2.15. The Morgan fingerprint density at radius 3 is 2.67 bits per heavy atom. The number of halogens is 4. The number of hydrogen-bond donors (Lipinski definition) is 1. The molecule has 0 aromatic carbocycles. The maximum Gasteiger partial charge on any atom is 0.340 e. The fourth-order valence-electron chi connectivity index (χ4n) is 1.26. The first-order valence-electron chi connectivity index (χ1n) is 5.96. The van der Waals surface area contributed by atoms with Crippen molar-refractivity contribution in [2.45, 2.75) is 25.7 Å². The zero-order valence-corrected chi connectivity index (χ0v) is 11.0. The average Bonchev–Trinajstić information content (AvgIpc) is 2.42. The summed E-state index contributed by atoms with van der Waals surface area (Å²) in [6.45, 7) is 0.659. The fraction of sp³-hybridized carbons (Fsp3) is 0.545. The van der Waals surface area contributed by atoms with E-state index in [1.807, 2.05) is 6.92 Å². The molecule has 0 aliphatic carbocycles. The van der Waals surface area contributed by atoms with Gasteiger partial charge in [-0.3, -0.25) is 10.1 Å². The molecule has 6 nitrogen and oxygen atoms in total. The topological polar surface area (TPSA) is 77.3 Å². The lowest BCUT2D eigenvalue weighted by Crippen LogP contribution is -2.34. The van der Waals surface area contributed by atoms with Crippen molar-refractivity contribution in [1.82, 2.24) is 4.98 Å². The van der Waals surface area contributed by atoms with Crippen molar-refractivity contribution in [2.24, 2.45) is 0 Å². The van der Waals surface area contributed by atoms with Gasteiger partial charge in [0.2, 0.25) is 0 Å². The van der Waals surface area contributed by atoms with Crippen LogP contribution in [0.25, 0.3) is 0 Å². The second kappa shape index (κ2) is 7.04. The molecule has 0 amide bonds. The molecule has 1 aromatic heterocycles. The standard InChI is InChI=1S/C11H13F4N3O3/c1-2-5-16-8-4-3-7(18(19)20)9(17-8)21-6-11(14,15)10(12)13/h3-4,10H,2,5-6H2,1H3,(H,16,17). The van der Waals surface area contributed by atoms with E-state index in [4.69, 9.17) is 0 Å². The predicted molar refractivity (Wildman–Crippen MR) is 66.1 cm³/mol. The van der Waals surface area contributed by atoms with Crippen LogP contribution in [0.2, 0.25) is 0 Å². The van der Waals surface area contributed by atoms with Crippen LogP contribution in [0.4, 0.5) is 29.1 Å². The maximum absolute atomic E-state index is 12.8. The minimum atomic E-state index is -4.41. The molecule has 1 heterocycles. The Bertz CT molecular complexity index is 500. The summed E-state index contributed by atoms with van der Waals surface area (Å²) in [6.07, 6.45) is -3.20. The Labute approximate surface area is 117 Å². The van der Waals surface area contributed by atoms with Gasteiger partial charge >= 0.3 is 18.0 Å². The van der Waals surface area contributed by atoms with E-state index in [0.29, 0.717) is 6.54 Å². The zero-order chi connectivity index (χ0) is 16.0. The molecule has 0 aliphatic rings. The highest BCUT2D eigenvalue weighted by molar-refractivity contribution is 5.49. The number of alkyl halides is 4. The van der Waals surface area contributed by atoms with Crippen molar-refractivity contribution in [1.29, 1.82) is 0 Å². The van der Waals surface area contributed by atoms with Crippen molar-refractivity contribution in [3.05, 3.63) is 22.2 Å². The number of hydrogen-bond acceptors (Lipinski definition) is 5. The molecule has 118 valence electrons. The van der Waals surface area contributed by atoms with E-state index in [9.17, 15) is 27.7 Å². The minimum absolute atomic E-state index is 0.165. The number of aromatic nitrogens is 1. The Morgan fingerprint density at radius 1 is 1.48 bits per heavy atom. The zero-order valence-electron chi connectivity index (χ0n) is 11.0. The summed E-state index contributed by atoms with van der Waals surface area (Å²) in [5, 5.41) is 13.5. The Hall–Kier alpha value is -2.13. The lowest BCUT2D eigenvalue weighted by molar-refractivity contribution is -0.386. The summed E-state index contributed by atoms with van der Waals surface area (Å²) in [6, 6.07) is 2.27. The molecule has 0 aliphatic heterocycles. The van der Waals surface area contributed by atoms with Crippen molar-refractivity contribution >= 4 is 11.5 Å². The summed E-state index contributed by atoms with van der Waals surface area (Å²) in [7, 11) is 0. The highest BCUT2D eigenvalue weighted by Crippen LogP contribution is 2.29. The van der Waals surface area contributed by atoms with Gasteiger partial charge in [0.15, 0.2) is 6.61 Å². The molecule has 0 saturated carbocycles. The van der Waals surface area contributed by atoms with Crippen LogP contribution in [0.3, 0.4) is 0 Å². The van der Waals surface area contributed by atoms with E-state index >= 15 is 0 Å². The summed E-state index contributed by atoms with van der Waals surface area (Å²) >= 11 is 0. The van der Waals surface area contributed by atoms with E-state index < -0.39 is 35.4 Å². The van der Waals surface area contributed by atoms with Crippen LogP contribution in [-0.2, 0) is 0 Å². The average molecular weight is 311 g/mol. The number of nitrogens with one attached hydrogen (secondary N) is 1. The van der Waals surface area contributed by atoms with Crippen LogP contribution in [0.1, 0.15) is 13.3 Å². The third-order valence-electron chi connectivity index (χ3n) is 2.31. The highest BCUT2D eigenvalue weighted by atomic mass is 19.3. The van der Waals surface area contributed by atoms with E-state index in [1.165, 1.54) is 6.07 Å². The largest absolute Gasteiger partial charge is 0.466 e. The summed E-state index contributed by atoms with van der Waals surface area (Å²) in [5.41, 5.74) is -0.679. The van der Waals surface area contributed by atoms with Gasteiger partial charge in [-0.2, -0.15) is 13.8 Å². The summed E-state index contributed by atoms with van der Waals surface area (Å²) < 4.78 is 54.0. The molecule has 10 heteroatoms. The van der Waals surface area contributed by atoms with Gasteiger partial charge in [-0.15, -0.1) is 0 Å². The van der Waals surface area contributed by atoms with Gasteiger partial charge in [0, 0.05) is 12.6 Å². The number of rotatable bonds is 8. The van der Waals surface area contributed by atoms with Crippen LogP contribution in [0, 0.1) is 10.1 Å². The number of anilines is 1. The Kier molecular flexibility index (Phi) is 5.68. The monoisotopic (exact) mass is 311 g/mol. The van der Waals surface area contributed by atoms with Gasteiger partial charge in [0.1, 0.15) is 5.82 Å². The molecule has 0 saturated heterocycles. The highest BCUT2D eigenvalue weighted by Gasteiger charge is 2.42. The third-order valence-corrected chi connectivity index (χ3v) is 2.31. The van der Waals surface area contributed by atoms with Crippen LogP contribution in [0.5, 0.6) is 5.88 Å². The molecule has 0 spiro atoms. The van der Waals surface area contributed by atoms with Crippen molar-refractivity contribution in [2.75, 3.05) is 18.5 Å². The maximum atomic E-state index is 12.8. The Balaban J connectivity index is 2.93. The molecule has 1 rings (SSSR count). The van der Waals surface area contributed by atoms with Crippen LogP contribution in [-0.4, -0.2) is 35.4 Å². The fourth-order valence-corrected chi connectivity index (χ4v) is 1.26. The van der Waals surface area contributed by atoms with Gasteiger partial charge in [-0.1, -0.05) is 6.92 Å². The molecule has 0 radical (unpaired) electrons. The van der Waals surface area contributed by atoms with Crippen molar-refractivity contribution in [3.8, 4) is 5.88 Å².